The van der Waals surface area contributed by atoms with Crippen LogP contribution >= 0.6 is 0 Å². The van der Waals surface area contributed by atoms with Crippen molar-refractivity contribution < 1.29 is 9.90 Å². The summed E-state index contributed by atoms with van der Waals surface area (Å²) in [7, 11) is 6.38. The molecule has 0 atom stereocenters. The molecule has 1 fully saturated rings. The molecule has 1 aliphatic rings. The number of likely N-dealkylation sites (N-methyl/N-ethyl adjacent to an activating group) is 2. The SMILES string of the molecule is CN(CCn1cc(C(=O)O)nn1)CC1(N(C)C)CCC1. The van der Waals surface area contributed by atoms with E-state index in [1.54, 1.807) is 4.68 Å². The van der Waals surface area contributed by atoms with Gasteiger partial charge in [0, 0.05) is 18.6 Å². The van der Waals surface area contributed by atoms with Gasteiger partial charge >= 0.3 is 5.97 Å². The maximum atomic E-state index is 10.7. The second kappa shape index (κ2) is 5.88. The lowest BCUT2D eigenvalue weighted by atomic mass is 9.75. The Morgan fingerprint density at radius 1 is 1.45 bits per heavy atom. The lowest BCUT2D eigenvalue weighted by molar-refractivity contribution is 0.0269. The van der Waals surface area contributed by atoms with E-state index in [-0.39, 0.29) is 5.69 Å². The van der Waals surface area contributed by atoms with Crippen LogP contribution in [-0.4, -0.2) is 75.6 Å². The molecule has 2 rings (SSSR count). The molecule has 1 saturated carbocycles. The first kappa shape index (κ1) is 14.9. The lowest BCUT2D eigenvalue weighted by Gasteiger charge is -2.49. The summed E-state index contributed by atoms with van der Waals surface area (Å²) in [5.74, 6) is -1.04. The Morgan fingerprint density at radius 3 is 2.60 bits per heavy atom. The maximum Gasteiger partial charge on any atom is 0.358 e. The minimum Gasteiger partial charge on any atom is -0.476 e. The highest BCUT2D eigenvalue weighted by molar-refractivity contribution is 5.84. The number of aromatic carboxylic acids is 1. The predicted octanol–water partition coefficient (Wildman–Crippen LogP) is 0.392. The van der Waals surface area contributed by atoms with E-state index >= 15 is 0 Å². The van der Waals surface area contributed by atoms with E-state index in [0.717, 1.165) is 13.1 Å². The smallest absolute Gasteiger partial charge is 0.358 e. The zero-order valence-electron chi connectivity index (χ0n) is 12.4. The molecular weight excluding hydrogens is 258 g/mol. The lowest BCUT2D eigenvalue weighted by Crippen LogP contribution is -2.56. The summed E-state index contributed by atoms with van der Waals surface area (Å²) in [6.07, 6.45) is 5.27. The van der Waals surface area contributed by atoms with Gasteiger partial charge in [-0.25, -0.2) is 4.79 Å². The van der Waals surface area contributed by atoms with E-state index < -0.39 is 5.97 Å². The number of hydrogen-bond acceptors (Lipinski definition) is 5. The number of hydrogen-bond donors (Lipinski definition) is 1. The molecule has 1 aliphatic carbocycles. The topological polar surface area (TPSA) is 74.5 Å². The maximum absolute atomic E-state index is 10.7. The summed E-state index contributed by atoms with van der Waals surface area (Å²) in [5, 5.41) is 16.2. The van der Waals surface area contributed by atoms with Gasteiger partial charge in [0.15, 0.2) is 5.69 Å². The van der Waals surface area contributed by atoms with E-state index in [2.05, 4.69) is 41.3 Å². The number of rotatable bonds is 7. The first-order chi connectivity index (χ1) is 9.43. The molecule has 1 N–H and O–H groups in total. The van der Waals surface area contributed by atoms with E-state index in [0.29, 0.717) is 12.1 Å². The van der Waals surface area contributed by atoms with Crippen molar-refractivity contribution in [1.82, 2.24) is 24.8 Å². The Morgan fingerprint density at radius 2 is 2.15 bits per heavy atom. The molecule has 1 aromatic heterocycles. The van der Waals surface area contributed by atoms with Gasteiger partial charge in [-0.3, -0.25) is 4.68 Å². The molecule has 7 nitrogen and oxygen atoms in total. The molecule has 0 aromatic carbocycles. The van der Waals surface area contributed by atoms with Crippen LogP contribution in [0.2, 0.25) is 0 Å². The molecule has 0 spiro atoms. The quantitative estimate of drug-likeness (QED) is 0.779. The fraction of sp³-hybridized carbons (Fsp3) is 0.769. The highest BCUT2D eigenvalue weighted by atomic mass is 16.4. The van der Waals surface area contributed by atoms with E-state index in [9.17, 15) is 4.79 Å². The van der Waals surface area contributed by atoms with Gasteiger partial charge in [-0.1, -0.05) is 5.21 Å². The van der Waals surface area contributed by atoms with Crippen LogP contribution in [-0.2, 0) is 6.54 Å². The molecule has 112 valence electrons. The van der Waals surface area contributed by atoms with Crippen molar-refractivity contribution in [2.24, 2.45) is 0 Å². The van der Waals surface area contributed by atoms with E-state index in [4.69, 9.17) is 5.11 Å². The van der Waals surface area contributed by atoms with Crippen molar-refractivity contribution in [2.75, 3.05) is 34.2 Å². The number of carbonyl (C=O) groups is 1. The largest absolute Gasteiger partial charge is 0.476 e. The molecule has 0 radical (unpaired) electrons. The zero-order valence-corrected chi connectivity index (χ0v) is 12.4. The molecule has 0 aliphatic heterocycles. The third kappa shape index (κ3) is 3.16. The van der Waals surface area contributed by atoms with E-state index in [1.165, 1.54) is 25.5 Å². The van der Waals surface area contributed by atoms with Crippen molar-refractivity contribution in [3.63, 3.8) is 0 Å². The third-order valence-corrected chi connectivity index (χ3v) is 4.27. The van der Waals surface area contributed by atoms with Crippen LogP contribution in [0.15, 0.2) is 6.20 Å². The van der Waals surface area contributed by atoms with Gasteiger partial charge in [-0.2, -0.15) is 0 Å². The van der Waals surface area contributed by atoms with Crippen LogP contribution in [0.5, 0.6) is 0 Å². The van der Waals surface area contributed by atoms with Gasteiger partial charge in [0.05, 0.1) is 12.7 Å². The normalized spacial score (nSPS) is 17.4. The molecule has 7 heteroatoms. The number of aromatic nitrogens is 3. The first-order valence-corrected chi connectivity index (χ1v) is 6.92. The average Bonchev–Trinajstić information content (AvgIpc) is 2.79. The highest BCUT2D eigenvalue weighted by Gasteiger charge is 2.39. The first-order valence-electron chi connectivity index (χ1n) is 6.92. The third-order valence-electron chi connectivity index (χ3n) is 4.27. The second-order valence-corrected chi connectivity index (χ2v) is 5.88. The van der Waals surface area contributed by atoms with Gasteiger partial charge in [-0.05, 0) is 40.4 Å². The van der Waals surface area contributed by atoms with Crippen LogP contribution < -0.4 is 0 Å². The predicted molar refractivity (Wildman–Crippen MR) is 74.7 cm³/mol. The molecule has 0 bridgehead atoms. The summed E-state index contributed by atoms with van der Waals surface area (Å²) in [6, 6.07) is 0. The van der Waals surface area contributed by atoms with Crippen molar-refractivity contribution in [3.05, 3.63) is 11.9 Å². The molecule has 0 amide bonds. The van der Waals surface area contributed by atoms with Gasteiger partial charge in [0.2, 0.25) is 0 Å². The van der Waals surface area contributed by atoms with E-state index in [1.807, 2.05) is 0 Å². The number of nitrogens with zero attached hydrogens (tertiary/aromatic N) is 5. The molecule has 20 heavy (non-hydrogen) atoms. The monoisotopic (exact) mass is 281 g/mol. The highest BCUT2D eigenvalue weighted by Crippen LogP contribution is 2.36. The van der Waals surface area contributed by atoms with Crippen LogP contribution in [0.3, 0.4) is 0 Å². The standard InChI is InChI=1S/C13H23N5O2/c1-16(2)13(5-4-6-13)10-17(3)7-8-18-9-11(12(19)20)14-15-18/h9H,4-8,10H2,1-3H3,(H,19,20). The average molecular weight is 281 g/mol. The van der Waals surface area contributed by atoms with Gasteiger partial charge in [0.25, 0.3) is 0 Å². The van der Waals surface area contributed by atoms with Crippen molar-refractivity contribution in [1.29, 1.82) is 0 Å². The molecule has 0 unspecified atom stereocenters. The molecule has 1 aromatic rings. The summed E-state index contributed by atoms with van der Waals surface area (Å²) < 4.78 is 1.59. The number of carboxylic acid groups (broad SMARTS) is 1. The van der Waals surface area contributed by atoms with Crippen molar-refractivity contribution in [2.45, 2.75) is 31.3 Å². The Balaban J connectivity index is 1.82. The molecule has 0 saturated heterocycles. The Hall–Kier alpha value is -1.47. The fourth-order valence-corrected chi connectivity index (χ4v) is 2.69. The Labute approximate surface area is 119 Å². The number of carboxylic acids is 1. The van der Waals surface area contributed by atoms with Gasteiger partial charge in [0.1, 0.15) is 0 Å². The molecular formula is C13H23N5O2. The summed E-state index contributed by atoms with van der Waals surface area (Å²) >= 11 is 0. The van der Waals surface area contributed by atoms with Gasteiger partial charge in [-0.15, -0.1) is 5.10 Å². The minimum absolute atomic E-state index is 0.00333. The Kier molecular flexibility index (Phi) is 4.39. The Bertz CT molecular complexity index is 467. The van der Waals surface area contributed by atoms with Crippen molar-refractivity contribution >= 4 is 5.97 Å². The van der Waals surface area contributed by atoms with Crippen LogP contribution in [0.25, 0.3) is 0 Å². The van der Waals surface area contributed by atoms with Crippen molar-refractivity contribution in [3.8, 4) is 0 Å². The summed E-state index contributed by atoms with van der Waals surface area (Å²) in [6.45, 7) is 2.51. The fourth-order valence-electron chi connectivity index (χ4n) is 2.69. The van der Waals surface area contributed by atoms with Crippen LogP contribution in [0.1, 0.15) is 29.8 Å². The van der Waals surface area contributed by atoms with Gasteiger partial charge < -0.3 is 14.9 Å². The molecule has 1 heterocycles. The van der Waals surface area contributed by atoms with Crippen LogP contribution in [0.4, 0.5) is 0 Å². The summed E-state index contributed by atoms with van der Waals surface area (Å²) in [5.41, 5.74) is 0.306. The zero-order chi connectivity index (χ0) is 14.8. The second-order valence-electron chi connectivity index (χ2n) is 5.88. The summed E-state index contributed by atoms with van der Waals surface area (Å²) in [4.78, 5) is 15.3. The van der Waals surface area contributed by atoms with Crippen LogP contribution in [0, 0.1) is 0 Å². The minimum atomic E-state index is -1.04.